The Bertz CT molecular complexity index is 823. The first kappa shape index (κ1) is 22.3. The van der Waals surface area contributed by atoms with Crippen LogP contribution < -0.4 is 10.1 Å². The molecule has 0 aliphatic carbocycles. The monoisotopic (exact) mass is 398 g/mol. The van der Waals surface area contributed by atoms with E-state index in [1.165, 1.54) is 0 Å². The van der Waals surface area contributed by atoms with Crippen molar-refractivity contribution in [3.63, 3.8) is 0 Å². The smallest absolute Gasteiger partial charge is 0.239 e. The molecule has 6 nitrogen and oxygen atoms in total. The van der Waals surface area contributed by atoms with E-state index in [0.29, 0.717) is 31.7 Å². The molecule has 156 valence electrons. The highest BCUT2D eigenvalue weighted by Gasteiger charge is 2.20. The Balaban J connectivity index is 0.00000145. The number of phenolic OH excluding ortho intramolecular Hbond substituents is 1. The van der Waals surface area contributed by atoms with Crippen LogP contribution in [0.25, 0.3) is 0 Å². The number of aryl methyl sites for hydroxylation is 3. The third-order valence-electron chi connectivity index (χ3n) is 4.60. The van der Waals surface area contributed by atoms with Crippen molar-refractivity contribution in [1.82, 2.24) is 10.2 Å². The maximum Gasteiger partial charge on any atom is 0.239 e. The molecular weight excluding hydrogens is 368 g/mol. The van der Waals surface area contributed by atoms with Crippen LogP contribution >= 0.6 is 0 Å². The Kier molecular flexibility index (Phi) is 8.07. The number of piperazine rings is 1. The first-order valence-electron chi connectivity index (χ1n) is 10.0. The van der Waals surface area contributed by atoms with Crippen molar-refractivity contribution in [3.05, 3.63) is 53.1 Å². The van der Waals surface area contributed by atoms with Crippen molar-refractivity contribution in [2.45, 2.75) is 40.5 Å². The van der Waals surface area contributed by atoms with Crippen LogP contribution in [0.4, 0.5) is 0 Å². The quantitative estimate of drug-likeness (QED) is 0.805. The van der Waals surface area contributed by atoms with Gasteiger partial charge in [-0.25, -0.2) is 0 Å². The minimum absolute atomic E-state index is 0.00424. The molecule has 1 heterocycles. The molecular formula is C23H30N2O4. The fourth-order valence-corrected chi connectivity index (χ4v) is 3.24. The highest BCUT2D eigenvalue weighted by molar-refractivity contribution is 5.86. The number of rotatable bonds is 5. The minimum Gasteiger partial charge on any atom is -0.508 e. The van der Waals surface area contributed by atoms with Crippen LogP contribution in [-0.2, 0) is 16.0 Å². The third kappa shape index (κ3) is 6.24. The maximum absolute atomic E-state index is 12.3. The molecule has 2 amide bonds. The van der Waals surface area contributed by atoms with Crippen molar-refractivity contribution in [2.75, 3.05) is 19.6 Å². The highest BCUT2D eigenvalue weighted by atomic mass is 16.5. The summed E-state index contributed by atoms with van der Waals surface area (Å²) in [5, 5.41) is 12.1. The molecule has 2 aromatic carbocycles. The molecule has 0 unspecified atom stereocenters. The number of ether oxygens (including phenoxy) is 1. The molecule has 1 aliphatic rings. The molecule has 1 saturated heterocycles. The van der Waals surface area contributed by atoms with E-state index >= 15 is 0 Å². The van der Waals surface area contributed by atoms with E-state index in [1.54, 1.807) is 29.2 Å². The van der Waals surface area contributed by atoms with Gasteiger partial charge in [0.15, 0.2) is 0 Å². The van der Waals surface area contributed by atoms with E-state index < -0.39 is 0 Å². The van der Waals surface area contributed by atoms with Gasteiger partial charge in [0, 0.05) is 19.5 Å². The largest absolute Gasteiger partial charge is 0.508 e. The summed E-state index contributed by atoms with van der Waals surface area (Å²) in [4.78, 5) is 25.4. The van der Waals surface area contributed by atoms with Crippen LogP contribution in [0.5, 0.6) is 17.2 Å². The normalized spacial score (nSPS) is 13.2. The molecule has 0 spiro atoms. The van der Waals surface area contributed by atoms with Gasteiger partial charge in [0.2, 0.25) is 11.8 Å². The Hall–Kier alpha value is -3.02. The Labute approximate surface area is 172 Å². The van der Waals surface area contributed by atoms with Gasteiger partial charge in [0.1, 0.15) is 17.2 Å². The van der Waals surface area contributed by atoms with Crippen LogP contribution in [-0.4, -0.2) is 41.5 Å². The van der Waals surface area contributed by atoms with Crippen LogP contribution in [0.2, 0.25) is 0 Å². The number of hydrogen-bond donors (Lipinski definition) is 2. The molecule has 0 bridgehead atoms. The predicted molar refractivity (Wildman–Crippen MR) is 113 cm³/mol. The molecule has 2 N–H and O–H groups in total. The molecule has 0 atom stereocenters. The van der Waals surface area contributed by atoms with Gasteiger partial charge in [-0.3, -0.25) is 9.59 Å². The Morgan fingerprint density at radius 2 is 1.76 bits per heavy atom. The van der Waals surface area contributed by atoms with Gasteiger partial charge in [-0.1, -0.05) is 26.0 Å². The lowest BCUT2D eigenvalue weighted by Crippen LogP contribution is -2.50. The molecule has 1 fully saturated rings. The van der Waals surface area contributed by atoms with Gasteiger partial charge >= 0.3 is 0 Å². The van der Waals surface area contributed by atoms with Gasteiger partial charge in [-0.2, -0.15) is 0 Å². The molecule has 0 aromatic heterocycles. The number of hydrogen-bond acceptors (Lipinski definition) is 4. The van der Waals surface area contributed by atoms with Crippen LogP contribution in [0.1, 0.15) is 37.0 Å². The summed E-state index contributed by atoms with van der Waals surface area (Å²) in [6.07, 6.45) is 1.00. The number of amides is 2. The minimum atomic E-state index is -0.1000. The first-order chi connectivity index (χ1) is 13.9. The number of nitrogens with zero attached hydrogens (tertiary/aromatic N) is 1. The SMILES string of the molecule is CC.Cc1cc(CCC(=O)N2CCNC(=O)C2)cc(C)c1Oc1ccc(O)cc1. The van der Waals surface area contributed by atoms with Crippen molar-refractivity contribution < 1.29 is 19.4 Å². The van der Waals surface area contributed by atoms with Crippen LogP contribution in [0, 0.1) is 13.8 Å². The average molecular weight is 399 g/mol. The van der Waals surface area contributed by atoms with Gasteiger partial charge in [0.05, 0.1) is 6.54 Å². The van der Waals surface area contributed by atoms with E-state index in [1.807, 2.05) is 39.8 Å². The highest BCUT2D eigenvalue weighted by Crippen LogP contribution is 2.31. The summed E-state index contributed by atoms with van der Waals surface area (Å²) in [6.45, 7) is 9.19. The summed E-state index contributed by atoms with van der Waals surface area (Å²) >= 11 is 0. The lowest BCUT2D eigenvalue weighted by atomic mass is 10.0. The summed E-state index contributed by atoms with van der Waals surface area (Å²) in [7, 11) is 0. The van der Waals surface area contributed by atoms with Gasteiger partial charge in [0.25, 0.3) is 0 Å². The number of carbonyl (C=O) groups excluding carboxylic acids is 2. The fraction of sp³-hybridized carbons (Fsp3) is 0.391. The lowest BCUT2D eigenvalue weighted by Gasteiger charge is -2.26. The zero-order chi connectivity index (χ0) is 21.4. The van der Waals surface area contributed by atoms with Gasteiger partial charge in [-0.05, 0) is 61.2 Å². The number of nitrogens with one attached hydrogen (secondary N) is 1. The van der Waals surface area contributed by atoms with Crippen molar-refractivity contribution >= 4 is 11.8 Å². The Morgan fingerprint density at radius 3 is 2.34 bits per heavy atom. The fourth-order valence-electron chi connectivity index (χ4n) is 3.24. The van der Waals surface area contributed by atoms with Crippen LogP contribution in [0.3, 0.4) is 0 Å². The molecule has 6 heteroatoms. The summed E-state index contributed by atoms with van der Waals surface area (Å²) in [6, 6.07) is 10.7. The number of phenols is 1. The van der Waals surface area contributed by atoms with E-state index in [2.05, 4.69) is 5.32 Å². The second kappa shape index (κ2) is 10.5. The number of benzene rings is 2. The average Bonchev–Trinajstić information content (AvgIpc) is 2.72. The van der Waals surface area contributed by atoms with E-state index in [0.717, 1.165) is 22.4 Å². The molecule has 1 aliphatic heterocycles. The maximum atomic E-state index is 12.3. The third-order valence-corrected chi connectivity index (χ3v) is 4.60. The molecule has 0 radical (unpaired) electrons. The second-order valence-corrected chi connectivity index (χ2v) is 6.82. The van der Waals surface area contributed by atoms with E-state index in [4.69, 9.17) is 4.74 Å². The lowest BCUT2D eigenvalue weighted by molar-refractivity contribution is -0.138. The zero-order valence-corrected chi connectivity index (χ0v) is 17.6. The second-order valence-electron chi connectivity index (χ2n) is 6.82. The number of aromatic hydroxyl groups is 1. The van der Waals surface area contributed by atoms with Gasteiger partial charge in [-0.15, -0.1) is 0 Å². The molecule has 29 heavy (non-hydrogen) atoms. The standard InChI is InChI=1S/C21H24N2O4.C2H6/c1-14-11-16(3-8-20(26)23-10-9-22-19(25)13-23)12-15(2)21(14)27-18-6-4-17(24)5-7-18;1-2/h4-7,11-12,24H,3,8-10,13H2,1-2H3,(H,22,25);1-2H3. The summed E-state index contributed by atoms with van der Waals surface area (Å²) in [5.41, 5.74) is 3.05. The Morgan fingerprint density at radius 1 is 1.14 bits per heavy atom. The zero-order valence-electron chi connectivity index (χ0n) is 17.6. The van der Waals surface area contributed by atoms with Crippen molar-refractivity contribution in [3.8, 4) is 17.2 Å². The first-order valence-corrected chi connectivity index (χ1v) is 10.0. The summed E-state index contributed by atoms with van der Waals surface area (Å²) in [5.74, 6) is 1.54. The molecule has 0 saturated carbocycles. The molecule has 3 rings (SSSR count). The van der Waals surface area contributed by atoms with E-state index in [9.17, 15) is 14.7 Å². The topological polar surface area (TPSA) is 78.9 Å². The van der Waals surface area contributed by atoms with Crippen molar-refractivity contribution in [1.29, 1.82) is 0 Å². The van der Waals surface area contributed by atoms with Gasteiger partial charge < -0.3 is 20.1 Å². The number of carbonyl (C=O) groups is 2. The van der Waals surface area contributed by atoms with Crippen LogP contribution in [0.15, 0.2) is 36.4 Å². The molecule has 2 aromatic rings. The predicted octanol–water partition coefficient (Wildman–Crippen LogP) is 3.72. The van der Waals surface area contributed by atoms with E-state index in [-0.39, 0.29) is 24.1 Å². The van der Waals surface area contributed by atoms with Crippen molar-refractivity contribution in [2.24, 2.45) is 0 Å². The summed E-state index contributed by atoms with van der Waals surface area (Å²) < 4.78 is 5.95.